The minimum Gasteiger partial charge on any atom is -0.391 e. The van der Waals surface area contributed by atoms with Gasteiger partial charge in [-0.15, -0.1) is 11.3 Å². The lowest BCUT2D eigenvalue weighted by Crippen LogP contribution is -2.45. The molecule has 0 aliphatic carbocycles. The van der Waals surface area contributed by atoms with E-state index >= 15 is 0 Å². The van der Waals surface area contributed by atoms with Gasteiger partial charge in [-0.2, -0.15) is 0 Å². The van der Waals surface area contributed by atoms with Crippen molar-refractivity contribution in [3.05, 3.63) is 75.9 Å². The van der Waals surface area contributed by atoms with E-state index in [1.165, 1.54) is 4.90 Å². The van der Waals surface area contributed by atoms with Crippen molar-refractivity contribution in [1.29, 1.82) is 0 Å². The maximum absolute atomic E-state index is 13.1. The smallest absolute Gasteiger partial charge is 0.254 e. The van der Waals surface area contributed by atoms with Crippen LogP contribution in [-0.2, 0) is 11.3 Å². The number of aryl methyl sites for hydroxylation is 3. The van der Waals surface area contributed by atoms with Gasteiger partial charge in [-0.1, -0.05) is 42.0 Å². The summed E-state index contributed by atoms with van der Waals surface area (Å²) in [7, 11) is 0. The molecule has 2 aromatic carbocycles. The molecule has 6 nitrogen and oxygen atoms in total. The summed E-state index contributed by atoms with van der Waals surface area (Å²) in [6, 6.07) is 13.0. The minimum absolute atomic E-state index is 0.160. The molecule has 1 fully saturated rings. The Labute approximate surface area is 191 Å². The van der Waals surface area contributed by atoms with Crippen LogP contribution in [0.4, 0.5) is 0 Å². The molecule has 2 atom stereocenters. The summed E-state index contributed by atoms with van der Waals surface area (Å²) >= 11 is 1.60. The van der Waals surface area contributed by atoms with Crippen LogP contribution in [0.15, 0.2) is 48.0 Å². The van der Waals surface area contributed by atoms with Gasteiger partial charge < -0.3 is 15.3 Å². The number of aromatic nitrogens is 1. The van der Waals surface area contributed by atoms with Crippen LogP contribution >= 0.6 is 11.3 Å². The van der Waals surface area contributed by atoms with E-state index in [-0.39, 0.29) is 24.8 Å². The van der Waals surface area contributed by atoms with Crippen LogP contribution in [0.3, 0.4) is 0 Å². The van der Waals surface area contributed by atoms with Crippen LogP contribution in [0.5, 0.6) is 0 Å². The van der Waals surface area contributed by atoms with E-state index in [0.717, 1.165) is 32.8 Å². The minimum atomic E-state index is -0.706. The summed E-state index contributed by atoms with van der Waals surface area (Å²) in [5, 5.41) is 13.1. The fourth-order valence-corrected chi connectivity index (χ4v) is 4.97. The van der Waals surface area contributed by atoms with Crippen LogP contribution in [0, 0.1) is 20.8 Å². The largest absolute Gasteiger partial charge is 0.391 e. The Balaban J connectivity index is 1.42. The van der Waals surface area contributed by atoms with Crippen LogP contribution in [-0.4, -0.2) is 45.5 Å². The molecule has 1 aromatic heterocycles. The zero-order chi connectivity index (χ0) is 22.8. The van der Waals surface area contributed by atoms with E-state index in [4.69, 9.17) is 0 Å². The normalized spacial score (nSPS) is 18.1. The number of nitrogens with one attached hydrogen (secondary N) is 1. The molecule has 0 saturated carbocycles. The first kappa shape index (κ1) is 22.2. The fourth-order valence-electron chi connectivity index (χ4n) is 4.15. The Hall–Kier alpha value is -3.03. The molecule has 4 rings (SSSR count). The van der Waals surface area contributed by atoms with Crippen molar-refractivity contribution in [3.8, 4) is 10.4 Å². The van der Waals surface area contributed by atoms with Crippen molar-refractivity contribution in [2.24, 2.45) is 0 Å². The second-order valence-electron chi connectivity index (χ2n) is 8.36. The molecule has 0 spiro atoms. The third-order valence-corrected chi connectivity index (χ3v) is 6.86. The number of nitrogens with zero attached hydrogens (tertiary/aromatic N) is 2. The fraction of sp³-hybridized carbons (Fsp3) is 0.320. The highest BCUT2D eigenvalue weighted by atomic mass is 32.1. The number of likely N-dealkylation sites (tertiary alicyclic amines) is 1. The second-order valence-corrected chi connectivity index (χ2v) is 9.22. The number of benzene rings is 2. The molecule has 3 aromatic rings. The highest BCUT2D eigenvalue weighted by Gasteiger charge is 2.39. The SMILES string of the molecule is Cc1ccc(C(=O)N2C[C@H](O)C[C@H]2C(=O)NCc2ccc(-c3scnc3C)cc2)c(C)c1. The van der Waals surface area contributed by atoms with Crippen molar-refractivity contribution in [2.45, 2.75) is 45.9 Å². The van der Waals surface area contributed by atoms with E-state index in [0.29, 0.717) is 12.1 Å². The lowest BCUT2D eigenvalue weighted by atomic mass is 10.0. The molecule has 32 heavy (non-hydrogen) atoms. The first-order valence-corrected chi connectivity index (χ1v) is 11.5. The number of carbonyl (C=O) groups is 2. The monoisotopic (exact) mass is 449 g/mol. The van der Waals surface area contributed by atoms with Gasteiger partial charge in [0, 0.05) is 25.1 Å². The molecule has 2 heterocycles. The molecule has 0 bridgehead atoms. The van der Waals surface area contributed by atoms with Gasteiger partial charge in [0.15, 0.2) is 0 Å². The Morgan fingerprint density at radius 2 is 1.91 bits per heavy atom. The number of hydrogen-bond donors (Lipinski definition) is 2. The van der Waals surface area contributed by atoms with Crippen LogP contribution < -0.4 is 5.32 Å². The lowest BCUT2D eigenvalue weighted by Gasteiger charge is -2.24. The maximum Gasteiger partial charge on any atom is 0.254 e. The average Bonchev–Trinajstić information content (AvgIpc) is 3.37. The van der Waals surface area contributed by atoms with E-state index in [9.17, 15) is 14.7 Å². The van der Waals surface area contributed by atoms with Crippen LogP contribution in [0.2, 0.25) is 0 Å². The standard InChI is InChI=1S/C25H27N3O3S/c1-15-4-9-21(16(2)10-15)25(31)28-13-20(29)11-22(28)24(30)26-12-18-5-7-19(8-6-18)23-17(3)27-14-32-23/h4-10,14,20,22,29H,11-13H2,1-3H3,(H,26,30)/t20-,22+/m1/s1. The summed E-state index contributed by atoms with van der Waals surface area (Å²) < 4.78 is 0. The molecule has 2 N–H and O–H groups in total. The number of amides is 2. The molecule has 2 amide bonds. The molecule has 7 heteroatoms. The van der Waals surface area contributed by atoms with Gasteiger partial charge >= 0.3 is 0 Å². The molecular weight excluding hydrogens is 422 g/mol. The van der Waals surface area contributed by atoms with Crippen LogP contribution in [0.1, 0.15) is 39.2 Å². The van der Waals surface area contributed by atoms with Gasteiger partial charge in [-0.05, 0) is 43.5 Å². The Morgan fingerprint density at radius 3 is 2.56 bits per heavy atom. The lowest BCUT2D eigenvalue weighted by molar-refractivity contribution is -0.125. The maximum atomic E-state index is 13.1. The summed E-state index contributed by atoms with van der Waals surface area (Å²) in [6.07, 6.45) is -0.464. The van der Waals surface area contributed by atoms with Gasteiger partial charge in [0.05, 0.1) is 22.2 Å². The highest BCUT2D eigenvalue weighted by molar-refractivity contribution is 7.13. The third kappa shape index (κ3) is 4.59. The summed E-state index contributed by atoms with van der Waals surface area (Å²) in [4.78, 5) is 33.0. The summed E-state index contributed by atoms with van der Waals surface area (Å²) in [5.41, 5.74) is 7.42. The van der Waals surface area contributed by atoms with Crippen LogP contribution in [0.25, 0.3) is 10.4 Å². The molecular formula is C25H27N3O3S. The Kier molecular flexibility index (Phi) is 6.39. The number of aliphatic hydroxyl groups excluding tert-OH is 1. The molecule has 0 radical (unpaired) electrons. The Morgan fingerprint density at radius 1 is 1.16 bits per heavy atom. The number of hydrogen-bond acceptors (Lipinski definition) is 5. The number of β-amino-alcohol motifs (C(OH)–C–C–N with tert-alkyl or cyclic N) is 1. The van der Waals surface area contributed by atoms with E-state index < -0.39 is 12.1 Å². The van der Waals surface area contributed by atoms with Gasteiger partial charge in [-0.25, -0.2) is 4.98 Å². The molecule has 1 aliphatic rings. The van der Waals surface area contributed by atoms with Crippen molar-refractivity contribution >= 4 is 23.2 Å². The van der Waals surface area contributed by atoms with Crippen molar-refractivity contribution in [3.63, 3.8) is 0 Å². The molecule has 1 saturated heterocycles. The van der Waals surface area contributed by atoms with Crippen molar-refractivity contribution in [1.82, 2.24) is 15.2 Å². The van der Waals surface area contributed by atoms with Crippen molar-refractivity contribution in [2.75, 3.05) is 6.54 Å². The van der Waals surface area contributed by atoms with Gasteiger partial charge in [0.2, 0.25) is 5.91 Å². The topological polar surface area (TPSA) is 82.5 Å². The molecule has 0 unspecified atom stereocenters. The van der Waals surface area contributed by atoms with Crippen molar-refractivity contribution < 1.29 is 14.7 Å². The number of rotatable bonds is 5. The number of aliphatic hydroxyl groups is 1. The van der Waals surface area contributed by atoms with Gasteiger partial charge in [0.25, 0.3) is 5.91 Å². The number of thiazole rings is 1. The summed E-state index contributed by atoms with van der Waals surface area (Å²) in [6.45, 7) is 6.37. The van der Waals surface area contributed by atoms with Gasteiger partial charge in [-0.3, -0.25) is 9.59 Å². The zero-order valence-corrected chi connectivity index (χ0v) is 19.3. The predicted octanol–water partition coefficient (Wildman–Crippen LogP) is 3.63. The van der Waals surface area contributed by atoms with E-state index in [1.54, 1.807) is 17.4 Å². The van der Waals surface area contributed by atoms with E-state index in [1.807, 2.05) is 62.7 Å². The number of carbonyl (C=O) groups excluding carboxylic acids is 2. The predicted molar refractivity (Wildman–Crippen MR) is 125 cm³/mol. The zero-order valence-electron chi connectivity index (χ0n) is 18.5. The third-order valence-electron chi connectivity index (χ3n) is 5.88. The highest BCUT2D eigenvalue weighted by Crippen LogP contribution is 2.27. The second kappa shape index (κ2) is 9.22. The Bertz CT molecular complexity index is 1140. The average molecular weight is 450 g/mol. The first-order valence-electron chi connectivity index (χ1n) is 10.7. The molecule has 166 valence electrons. The summed E-state index contributed by atoms with van der Waals surface area (Å²) in [5.74, 6) is -0.467. The first-order chi connectivity index (χ1) is 15.3. The molecule has 1 aliphatic heterocycles. The van der Waals surface area contributed by atoms with Gasteiger partial charge in [0.1, 0.15) is 6.04 Å². The van der Waals surface area contributed by atoms with E-state index in [2.05, 4.69) is 10.3 Å². The quantitative estimate of drug-likeness (QED) is 0.623.